The van der Waals surface area contributed by atoms with Gasteiger partial charge in [-0.25, -0.2) is 15.0 Å². The Hall–Kier alpha value is -3.50. The third-order valence-electron chi connectivity index (χ3n) is 5.06. The third kappa shape index (κ3) is 3.58. The van der Waals surface area contributed by atoms with E-state index >= 15 is 0 Å². The zero-order chi connectivity index (χ0) is 20.7. The molecule has 2 N–H and O–H groups in total. The van der Waals surface area contributed by atoms with Crippen LogP contribution in [-0.2, 0) is 4.79 Å². The van der Waals surface area contributed by atoms with E-state index in [9.17, 15) is 4.79 Å². The minimum absolute atomic E-state index is 0.0288. The van der Waals surface area contributed by atoms with Crippen LogP contribution in [0.1, 0.15) is 29.0 Å². The monoisotopic (exact) mass is 413 g/mol. The first-order valence-electron chi connectivity index (χ1n) is 9.76. The SMILES string of the molecule is CNc1ncc(C#Cc2cc3sc(C)cc3cn2)c2cc(NC(=O)C3CC3)ncc12. The van der Waals surface area contributed by atoms with Crippen LogP contribution in [0.4, 0.5) is 11.6 Å². The predicted molar refractivity (Wildman–Crippen MR) is 121 cm³/mol. The summed E-state index contributed by atoms with van der Waals surface area (Å²) in [4.78, 5) is 26.7. The Labute approximate surface area is 177 Å². The molecule has 0 radical (unpaired) electrons. The summed E-state index contributed by atoms with van der Waals surface area (Å²) in [5, 5.41) is 8.86. The van der Waals surface area contributed by atoms with Crippen LogP contribution in [0.3, 0.4) is 0 Å². The average molecular weight is 414 g/mol. The molecule has 0 spiro atoms. The predicted octanol–water partition coefficient (Wildman–Crippen LogP) is 4.34. The third-order valence-corrected chi connectivity index (χ3v) is 6.07. The van der Waals surface area contributed by atoms with Gasteiger partial charge in [0.05, 0.1) is 5.56 Å². The van der Waals surface area contributed by atoms with E-state index < -0.39 is 0 Å². The molecular weight excluding hydrogens is 394 g/mol. The molecule has 4 heterocycles. The van der Waals surface area contributed by atoms with Crippen LogP contribution in [-0.4, -0.2) is 27.9 Å². The first-order chi connectivity index (χ1) is 14.6. The van der Waals surface area contributed by atoms with Crippen molar-refractivity contribution in [1.82, 2.24) is 15.0 Å². The zero-order valence-electron chi connectivity index (χ0n) is 16.6. The topological polar surface area (TPSA) is 79.8 Å². The number of anilines is 2. The van der Waals surface area contributed by atoms with Crippen molar-refractivity contribution < 1.29 is 4.79 Å². The lowest BCUT2D eigenvalue weighted by molar-refractivity contribution is -0.117. The van der Waals surface area contributed by atoms with Crippen LogP contribution in [0, 0.1) is 24.7 Å². The highest BCUT2D eigenvalue weighted by atomic mass is 32.1. The molecule has 1 fully saturated rings. The lowest BCUT2D eigenvalue weighted by Gasteiger charge is -2.09. The van der Waals surface area contributed by atoms with Gasteiger partial charge >= 0.3 is 0 Å². The number of fused-ring (bicyclic) bond motifs is 2. The number of thiophene rings is 1. The number of hydrogen-bond acceptors (Lipinski definition) is 6. The van der Waals surface area contributed by atoms with Crippen molar-refractivity contribution in [2.45, 2.75) is 19.8 Å². The number of nitrogens with zero attached hydrogens (tertiary/aromatic N) is 3. The Morgan fingerprint density at radius 1 is 1.07 bits per heavy atom. The van der Waals surface area contributed by atoms with Gasteiger partial charge in [-0.1, -0.05) is 5.92 Å². The smallest absolute Gasteiger partial charge is 0.228 e. The summed E-state index contributed by atoms with van der Waals surface area (Å²) in [7, 11) is 1.82. The van der Waals surface area contributed by atoms with Crippen molar-refractivity contribution in [3.8, 4) is 11.8 Å². The summed E-state index contributed by atoms with van der Waals surface area (Å²) < 4.78 is 1.18. The van der Waals surface area contributed by atoms with Gasteiger partial charge in [0, 0.05) is 57.3 Å². The van der Waals surface area contributed by atoms with Crippen LogP contribution < -0.4 is 10.6 Å². The number of rotatable bonds is 3. The quantitative estimate of drug-likeness (QED) is 0.489. The number of hydrogen-bond donors (Lipinski definition) is 2. The van der Waals surface area contributed by atoms with Gasteiger partial charge in [-0.15, -0.1) is 11.3 Å². The maximum Gasteiger partial charge on any atom is 0.228 e. The highest BCUT2D eigenvalue weighted by Crippen LogP contribution is 2.31. The fourth-order valence-electron chi connectivity index (χ4n) is 3.34. The molecule has 1 aliphatic rings. The van der Waals surface area contributed by atoms with Gasteiger partial charge in [-0.3, -0.25) is 4.79 Å². The second-order valence-corrected chi connectivity index (χ2v) is 8.65. The Balaban J connectivity index is 1.55. The van der Waals surface area contributed by atoms with E-state index in [-0.39, 0.29) is 11.8 Å². The molecule has 0 atom stereocenters. The number of amides is 1. The number of nitrogens with one attached hydrogen (secondary N) is 2. The van der Waals surface area contributed by atoms with Gasteiger partial charge in [0.15, 0.2) is 0 Å². The van der Waals surface area contributed by atoms with Crippen molar-refractivity contribution >= 4 is 49.7 Å². The van der Waals surface area contributed by atoms with Gasteiger partial charge in [-0.05, 0) is 43.9 Å². The Kier molecular flexibility index (Phi) is 4.57. The Morgan fingerprint density at radius 3 is 2.73 bits per heavy atom. The van der Waals surface area contributed by atoms with Crippen LogP contribution in [0.5, 0.6) is 0 Å². The maximum atomic E-state index is 12.1. The average Bonchev–Trinajstić information content (AvgIpc) is 3.53. The zero-order valence-corrected chi connectivity index (χ0v) is 17.4. The maximum absolute atomic E-state index is 12.1. The molecule has 148 valence electrons. The highest BCUT2D eigenvalue weighted by molar-refractivity contribution is 7.19. The fourth-order valence-corrected chi connectivity index (χ4v) is 4.27. The minimum atomic E-state index is 0.0288. The van der Waals surface area contributed by atoms with E-state index in [0.29, 0.717) is 11.5 Å². The van der Waals surface area contributed by atoms with E-state index in [1.807, 2.05) is 25.4 Å². The molecule has 0 bridgehead atoms. The first kappa shape index (κ1) is 18.5. The molecule has 0 saturated heterocycles. The molecule has 30 heavy (non-hydrogen) atoms. The molecule has 0 unspecified atom stereocenters. The van der Waals surface area contributed by atoms with Gasteiger partial charge < -0.3 is 10.6 Å². The van der Waals surface area contributed by atoms with Crippen molar-refractivity contribution in [2.24, 2.45) is 5.92 Å². The second kappa shape index (κ2) is 7.39. The molecule has 5 rings (SSSR count). The summed E-state index contributed by atoms with van der Waals surface area (Å²) >= 11 is 1.73. The first-order valence-corrected chi connectivity index (χ1v) is 10.6. The second-order valence-electron chi connectivity index (χ2n) is 7.36. The molecule has 4 aromatic rings. The summed E-state index contributed by atoms with van der Waals surface area (Å²) in [5.41, 5.74) is 1.48. The number of pyridine rings is 3. The minimum Gasteiger partial charge on any atom is -0.373 e. The van der Waals surface area contributed by atoms with Crippen molar-refractivity contribution in [1.29, 1.82) is 0 Å². The Bertz CT molecular complexity index is 1360. The lowest BCUT2D eigenvalue weighted by Crippen LogP contribution is -2.14. The molecule has 1 aliphatic carbocycles. The Morgan fingerprint density at radius 2 is 1.93 bits per heavy atom. The molecular formula is C23H19N5OS. The van der Waals surface area contributed by atoms with Crippen molar-refractivity contribution in [3.05, 3.63) is 52.9 Å². The molecule has 1 saturated carbocycles. The molecule has 4 aromatic heterocycles. The number of carbonyl (C=O) groups excluding carboxylic acids is 1. The standard InChI is InChI=1S/C23H19N5OS/c1-13-7-16-11-25-17(8-20(16)30-13)6-5-15-10-27-22(24-2)19-12-26-21(9-18(15)19)28-23(29)14-3-4-14/h7-12,14H,3-4H2,1-2H3,(H,24,27)(H,26,28,29). The van der Waals surface area contributed by atoms with Gasteiger partial charge in [0.25, 0.3) is 0 Å². The van der Waals surface area contributed by atoms with E-state index in [4.69, 9.17) is 0 Å². The van der Waals surface area contributed by atoms with Crippen molar-refractivity contribution in [2.75, 3.05) is 17.7 Å². The number of aryl methyl sites for hydroxylation is 1. The van der Waals surface area contributed by atoms with E-state index in [0.717, 1.165) is 40.4 Å². The van der Waals surface area contributed by atoms with Crippen LogP contribution in [0.15, 0.2) is 36.8 Å². The van der Waals surface area contributed by atoms with E-state index in [1.54, 1.807) is 23.7 Å². The summed E-state index contributed by atoms with van der Waals surface area (Å²) in [5.74, 6) is 7.76. The molecule has 7 heteroatoms. The van der Waals surface area contributed by atoms with Gasteiger partial charge in [0.2, 0.25) is 5.91 Å². The number of carbonyl (C=O) groups is 1. The molecule has 1 amide bonds. The van der Waals surface area contributed by atoms with E-state index in [1.165, 1.54) is 9.58 Å². The summed E-state index contributed by atoms with van der Waals surface area (Å²) in [6.45, 7) is 2.09. The van der Waals surface area contributed by atoms with Crippen LogP contribution in [0.25, 0.3) is 20.9 Å². The highest BCUT2D eigenvalue weighted by Gasteiger charge is 2.29. The fraction of sp³-hybridized carbons (Fsp3) is 0.217. The molecule has 6 nitrogen and oxygen atoms in total. The largest absolute Gasteiger partial charge is 0.373 e. The van der Waals surface area contributed by atoms with Crippen LogP contribution >= 0.6 is 11.3 Å². The number of aromatic nitrogens is 3. The molecule has 0 aromatic carbocycles. The molecule has 0 aliphatic heterocycles. The van der Waals surface area contributed by atoms with Gasteiger partial charge in [-0.2, -0.15) is 0 Å². The lowest BCUT2D eigenvalue weighted by atomic mass is 10.1. The van der Waals surface area contributed by atoms with Crippen LogP contribution in [0.2, 0.25) is 0 Å². The van der Waals surface area contributed by atoms with E-state index in [2.05, 4.69) is 50.4 Å². The van der Waals surface area contributed by atoms with Gasteiger partial charge in [0.1, 0.15) is 17.3 Å². The summed E-state index contributed by atoms with van der Waals surface area (Å²) in [6.07, 6.45) is 7.22. The normalized spacial score (nSPS) is 13.1. The summed E-state index contributed by atoms with van der Waals surface area (Å²) in [6, 6.07) is 6.00. The van der Waals surface area contributed by atoms with Crippen molar-refractivity contribution in [3.63, 3.8) is 0 Å².